The molecule has 0 unspecified atom stereocenters. The zero-order chi connectivity index (χ0) is 14.5. The molecule has 0 saturated carbocycles. The summed E-state index contributed by atoms with van der Waals surface area (Å²) >= 11 is 0. The minimum absolute atomic E-state index is 0.163. The molecule has 0 aliphatic rings. The van der Waals surface area contributed by atoms with Crippen LogP contribution in [0.2, 0.25) is 0 Å². The van der Waals surface area contributed by atoms with Gasteiger partial charge in [0, 0.05) is 19.3 Å². The van der Waals surface area contributed by atoms with Gasteiger partial charge in [-0.25, -0.2) is 0 Å². The molecule has 2 rings (SSSR count). The van der Waals surface area contributed by atoms with Crippen LogP contribution in [0.3, 0.4) is 0 Å². The monoisotopic (exact) mass is 277 g/mol. The Labute approximate surface area is 117 Å². The highest BCUT2D eigenvalue weighted by atomic mass is 16.1. The molecule has 0 fully saturated rings. The molecule has 0 radical (unpaired) electrons. The summed E-state index contributed by atoms with van der Waals surface area (Å²) in [5.41, 5.74) is 6.89. The van der Waals surface area contributed by atoms with E-state index < -0.39 is 0 Å². The molecule has 0 bridgehead atoms. The van der Waals surface area contributed by atoms with Crippen molar-refractivity contribution in [3.63, 3.8) is 0 Å². The van der Waals surface area contributed by atoms with E-state index in [0.29, 0.717) is 24.5 Å². The number of carbonyl (C=O) groups excluding carboxylic acids is 1. The van der Waals surface area contributed by atoms with E-state index in [-0.39, 0.29) is 5.91 Å². The maximum absolute atomic E-state index is 12.1. The summed E-state index contributed by atoms with van der Waals surface area (Å²) in [6.45, 7) is 3.54. The van der Waals surface area contributed by atoms with Crippen LogP contribution in [0.25, 0.3) is 0 Å². The SMILES string of the molecule is Cc1c(C(=O)NCc2nncn2C)cnn1CCCN. The number of hydrogen-bond donors (Lipinski definition) is 2. The number of nitrogens with one attached hydrogen (secondary N) is 1. The summed E-state index contributed by atoms with van der Waals surface area (Å²) in [5.74, 6) is 0.538. The van der Waals surface area contributed by atoms with Crippen molar-refractivity contribution < 1.29 is 4.79 Å². The van der Waals surface area contributed by atoms with Gasteiger partial charge in [-0.05, 0) is 19.9 Å². The zero-order valence-electron chi connectivity index (χ0n) is 11.7. The van der Waals surface area contributed by atoms with Crippen LogP contribution in [-0.4, -0.2) is 37.0 Å². The van der Waals surface area contributed by atoms with Crippen molar-refractivity contribution in [2.24, 2.45) is 12.8 Å². The molecular weight excluding hydrogens is 258 g/mol. The van der Waals surface area contributed by atoms with Gasteiger partial charge in [-0.3, -0.25) is 9.48 Å². The molecule has 3 N–H and O–H groups in total. The summed E-state index contributed by atoms with van der Waals surface area (Å²) in [7, 11) is 1.83. The number of amides is 1. The predicted molar refractivity (Wildman–Crippen MR) is 72.8 cm³/mol. The third-order valence-electron chi connectivity index (χ3n) is 3.13. The van der Waals surface area contributed by atoms with Crippen molar-refractivity contribution in [2.75, 3.05) is 6.54 Å². The van der Waals surface area contributed by atoms with Crippen LogP contribution < -0.4 is 11.1 Å². The summed E-state index contributed by atoms with van der Waals surface area (Å²) in [5, 5.41) is 14.7. The molecule has 0 spiro atoms. The molecule has 0 aromatic carbocycles. The zero-order valence-corrected chi connectivity index (χ0v) is 11.7. The lowest BCUT2D eigenvalue weighted by molar-refractivity contribution is 0.0949. The predicted octanol–water partition coefficient (Wildman–Crippen LogP) is -0.401. The molecular formula is C12H19N7O. The van der Waals surface area contributed by atoms with Gasteiger partial charge in [0.25, 0.3) is 5.91 Å². The highest BCUT2D eigenvalue weighted by Gasteiger charge is 2.14. The lowest BCUT2D eigenvalue weighted by Gasteiger charge is -2.06. The normalized spacial score (nSPS) is 10.8. The number of aryl methyl sites for hydroxylation is 2. The molecule has 108 valence electrons. The van der Waals surface area contributed by atoms with Gasteiger partial charge in [-0.15, -0.1) is 10.2 Å². The van der Waals surface area contributed by atoms with Crippen molar-refractivity contribution in [1.29, 1.82) is 0 Å². The average molecular weight is 277 g/mol. The molecule has 20 heavy (non-hydrogen) atoms. The first-order chi connectivity index (χ1) is 9.63. The van der Waals surface area contributed by atoms with Crippen LogP contribution in [0.15, 0.2) is 12.5 Å². The molecule has 8 heteroatoms. The van der Waals surface area contributed by atoms with E-state index in [1.165, 1.54) is 0 Å². The average Bonchev–Trinajstić information content (AvgIpc) is 3.00. The van der Waals surface area contributed by atoms with Gasteiger partial charge < -0.3 is 15.6 Å². The van der Waals surface area contributed by atoms with E-state index in [4.69, 9.17) is 5.73 Å². The summed E-state index contributed by atoms with van der Waals surface area (Å²) in [6.07, 6.45) is 4.01. The molecule has 0 atom stereocenters. The number of aromatic nitrogens is 5. The third kappa shape index (κ3) is 3.02. The van der Waals surface area contributed by atoms with Crippen LogP contribution in [-0.2, 0) is 20.1 Å². The lowest BCUT2D eigenvalue weighted by Crippen LogP contribution is -2.25. The minimum Gasteiger partial charge on any atom is -0.345 e. The number of nitrogens with zero attached hydrogens (tertiary/aromatic N) is 5. The van der Waals surface area contributed by atoms with E-state index in [1.54, 1.807) is 21.8 Å². The number of nitrogens with two attached hydrogens (primary N) is 1. The van der Waals surface area contributed by atoms with Crippen LogP contribution in [0.1, 0.15) is 28.3 Å². The van der Waals surface area contributed by atoms with Crippen molar-refractivity contribution in [1.82, 2.24) is 29.9 Å². The van der Waals surface area contributed by atoms with Crippen LogP contribution in [0.4, 0.5) is 0 Å². The topological polar surface area (TPSA) is 104 Å². The smallest absolute Gasteiger partial charge is 0.255 e. The maximum Gasteiger partial charge on any atom is 0.255 e. The van der Waals surface area contributed by atoms with E-state index in [2.05, 4.69) is 20.6 Å². The van der Waals surface area contributed by atoms with E-state index in [1.807, 2.05) is 14.0 Å². The highest BCUT2D eigenvalue weighted by molar-refractivity contribution is 5.94. The van der Waals surface area contributed by atoms with E-state index in [9.17, 15) is 4.79 Å². The Bertz CT molecular complexity index is 586. The molecule has 0 saturated heterocycles. The van der Waals surface area contributed by atoms with Crippen molar-refractivity contribution in [3.8, 4) is 0 Å². The molecule has 8 nitrogen and oxygen atoms in total. The minimum atomic E-state index is -0.163. The Morgan fingerprint density at radius 2 is 2.30 bits per heavy atom. The van der Waals surface area contributed by atoms with E-state index >= 15 is 0 Å². The maximum atomic E-state index is 12.1. The number of carbonyl (C=O) groups is 1. The van der Waals surface area contributed by atoms with Gasteiger partial charge in [-0.2, -0.15) is 5.10 Å². The first kappa shape index (κ1) is 14.2. The van der Waals surface area contributed by atoms with Crippen LogP contribution in [0.5, 0.6) is 0 Å². The summed E-state index contributed by atoms with van der Waals surface area (Å²) in [6, 6.07) is 0. The van der Waals surface area contributed by atoms with Gasteiger partial charge in [0.05, 0.1) is 18.3 Å². The Kier molecular flexibility index (Phi) is 4.46. The summed E-state index contributed by atoms with van der Waals surface area (Å²) < 4.78 is 3.56. The fourth-order valence-electron chi connectivity index (χ4n) is 1.86. The molecule has 0 aliphatic heterocycles. The molecule has 0 aliphatic carbocycles. The van der Waals surface area contributed by atoms with Gasteiger partial charge in [0.15, 0.2) is 5.82 Å². The van der Waals surface area contributed by atoms with Gasteiger partial charge >= 0.3 is 0 Å². The second-order valence-electron chi connectivity index (χ2n) is 4.55. The van der Waals surface area contributed by atoms with Gasteiger partial charge in [0.1, 0.15) is 6.33 Å². The molecule has 2 aromatic rings. The van der Waals surface area contributed by atoms with Crippen molar-refractivity contribution in [3.05, 3.63) is 29.6 Å². The van der Waals surface area contributed by atoms with Crippen LogP contribution >= 0.6 is 0 Å². The number of rotatable bonds is 6. The summed E-state index contributed by atoms with van der Waals surface area (Å²) in [4.78, 5) is 12.1. The van der Waals surface area contributed by atoms with Gasteiger partial charge in [-0.1, -0.05) is 0 Å². The third-order valence-corrected chi connectivity index (χ3v) is 3.13. The largest absolute Gasteiger partial charge is 0.345 e. The first-order valence-corrected chi connectivity index (χ1v) is 6.47. The highest BCUT2D eigenvalue weighted by Crippen LogP contribution is 2.08. The first-order valence-electron chi connectivity index (χ1n) is 6.47. The van der Waals surface area contributed by atoms with Crippen molar-refractivity contribution >= 4 is 5.91 Å². The Hall–Kier alpha value is -2.22. The Balaban J connectivity index is 1.99. The van der Waals surface area contributed by atoms with Crippen molar-refractivity contribution in [2.45, 2.75) is 26.4 Å². The second kappa shape index (κ2) is 6.29. The number of hydrogen-bond acceptors (Lipinski definition) is 5. The quantitative estimate of drug-likeness (QED) is 0.747. The second-order valence-corrected chi connectivity index (χ2v) is 4.55. The van der Waals surface area contributed by atoms with E-state index in [0.717, 1.165) is 18.7 Å². The fourth-order valence-corrected chi connectivity index (χ4v) is 1.86. The molecule has 2 heterocycles. The fraction of sp³-hybridized carbons (Fsp3) is 0.500. The Morgan fingerprint density at radius 3 is 2.95 bits per heavy atom. The standard InChI is InChI=1S/C12H19N7O/c1-9-10(6-16-19(9)5-3-4-13)12(20)14-7-11-17-15-8-18(11)2/h6,8H,3-5,7,13H2,1-2H3,(H,14,20). The Morgan fingerprint density at radius 1 is 1.50 bits per heavy atom. The van der Waals surface area contributed by atoms with Crippen LogP contribution in [0, 0.1) is 6.92 Å². The lowest BCUT2D eigenvalue weighted by atomic mass is 10.2. The molecule has 2 aromatic heterocycles. The van der Waals surface area contributed by atoms with Gasteiger partial charge in [0.2, 0.25) is 0 Å². The molecule has 1 amide bonds.